The second kappa shape index (κ2) is 7.71. The molecule has 1 saturated heterocycles. The third-order valence-corrected chi connectivity index (χ3v) is 3.60. The number of aromatic nitrogens is 2. The zero-order valence-electron chi connectivity index (χ0n) is 13.0. The van der Waals surface area contributed by atoms with Gasteiger partial charge in [0.25, 0.3) is 0 Å². The van der Waals surface area contributed by atoms with Crippen molar-refractivity contribution >= 4 is 11.9 Å². The van der Waals surface area contributed by atoms with Crippen molar-refractivity contribution < 1.29 is 29.3 Å². The van der Waals surface area contributed by atoms with Gasteiger partial charge in [-0.3, -0.25) is 0 Å². The Balaban J connectivity index is 0.000000301. The van der Waals surface area contributed by atoms with E-state index in [9.17, 15) is 0 Å². The van der Waals surface area contributed by atoms with Crippen LogP contribution in [0.2, 0.25) is 0 Å². The molecule has 1 aromatic heterocycles. The van der Waals surface area contributed by atoms with Crippen molar-refractivity contribution in [3.8, 4) is 0 Å². The molecule has 0 radical (unpaired) electrons. The van der Waals surface area contributed by atoms with Crippen LogP contribution >= 0.6 is 0 Å². The van der Waals surface area contributed by atoms with Gasteiger partial charge < -0.3 is 24.3 Å². The highest BCUT2D eigenvalue weighted by molar-refractivity contribution is 6.27. The van der Waals surface area contributed by atoms with E-state index >= 15 is 0 Å². The molecule has 2 N–H and O–H groups in total. The van der Waals surface area contributed by atoms with E-state index in [1.807, 2.05) is 41.1 Å². The summed E-state index contributed by atoms with van der Waals surface area (Å²) in [4.78, 5) is 22.3. The first-order chi connectivity index (χ1) is 11.5. The third kappa shape index (κ3) is 3.79. The van der Waals surface area contributed by atoms with Crippen LogP contribution < -0.4 is 0 Å². The molecule has 1 unspecified atom stereocenters. The number of carbonyl (C=O) groups is 2. The van der Waals surface area contributed by atoms with E-state index in [2.05, 4.69) is 11.9 Å². The second-order valence-corrected chi connectivity index (χ2v) is 5.03. The highest BCUT2D eigenvalue weighted by Gasteiger charge is 2.44. The second-order valence-electron chi connectivity index (χ2n) is 5.03. The number of carboxylic acid groups (broad SMARTS) is 2. The minimum atomic E-state index is -1.82. The lowest BCUT2D eigenvalue weighted by molar-refractivity contribution is -0.195. The Morgan fingerprint density at radius 1 is 1.17 bits per heavy atom. The van der Waals surface area contributed by atoms with Gasteiger partial charge in [-0.1, -0.05) is 30.3 Å². The Labute approximate surface area is 138 Å². The molecular formula is C16H18N2O6. The molecule has 2 heterocycles. The molecule has 128 valence electrons. The molecule has 1 aliphatic heterocycles. The molecule has 0 spiro atoms. The third-order valence-electron chi connectivity index (χ3n) is 3.60. The summed E-state index contributed by atoms with van der Waals surface area (Å²) >= 11 is 0. The summed E-state index contributed by atoms with van der Waals surface area (Å²) in [6.07, 6.45) is 5.49. The standard InChI is InChI=1S/C14H16N2O2.C2H2O4/c1-12(16-8-7-15-11-16)14(17-9-10-18-14)13-5-3-2-4-6-13;3-1(4)2(5)6/h2-8,11-12H,9-10H2,1H3;(H,3,4)(H,5,6). The van der Waals surface area contributed by atoms with E-state index in [0.717, 1.165) is 5.56 Å². The van der Waals surface area contributed by atoms with E-state index in [0.29, 0.717) is 13.2 Å². The van der Waals surface area contributed by atoms with Gasteiger partial charge in [0.2, 0.25) is 5.79 Å². The van der Waals surface area contributed by atoms with Gasteiger partial charge in [0.1, 0.15) is 0 Å². The van der Waals surface area contributed by atoms with Crippen LogP contribution in [-0.2, 0) is 24.8 Å². The average molecular weight is 334 g/mol. The Kier molecular flexibility index (Phi) is 5.67. The highest BCUT2D eigenvalue weighted by Crippen LogP contribution is 2.40. The summed E-state index contributed by atoms with van der Waals surface area (Å²) in [5, 5.41) is 14.8. The maximum Gasteiger partial charge on any atom is 0.414 e. The predicted octanol–water partition coefficient (Wildman–Crippen LogP) is 1.50. The number of ether oxygens (including phenoxy) is 2. The summed E-state index contributed by atoms with van der Waals surface area (Å²) in [6, 6.07) is 10.1. The topological polar surface area (TPSA) is 111 Å². The van der Waals surface area contributed by atoms with Crippen molar-refractivity contribution in [1.82, 2.24) is 9.55 Å². The summed E-state index contributed by atoms with van der Waals surface area (Å²) in [6.45, 7) is 3.32. The Bertz CT molecular complexity index is 653. The molecule has 0 saturated carbocycles. The van der Waals surface area contributed by atoms with Gasteiger partial charge in [0.15, 0.2) is 0 Å². The molecular weight excluding hydrogens is 316 g/mol. The summed E-state index contributed by atoms with van der Waals surface area (Å²) in [7, 11) is 0. The zero-order chi connectivity index (χ0) is 17.6. The van der Waals surface area contributed by atoms with Crippen LogP contribution in [0, 0.1) is 0 Å². The maximum absolute atomic E-state index is 9.10. The van der Waals surface area contributed by atoms with Gasteiger partial charge in [0.05, 0.1) is 25.6 Å². The van der Waals surface area contributed by atoms with Crippen LogP contribution in [0.15, 0.2) is 49.1 Å². The minimum absolute atomic E-state index is 0.0323. The molecule has 3 rings (SSSR count). The van der Waals surface area contributed by atoms with E-state index in [1.54, 1.807) is 12.5 Å². The van der Waals surface area contributed by atoms with Crippen LogP contribution in [0.4, 0.5) is 0 Å². The number of rotatable bonds is 3. The quantitative estimate of drug-likeness (QED) is 0.818. The molecule has 24 heavy (non-hydrogen) atoms. The van der Waals surface area contributed by atoms with Crippen LogP contribution in [0.5, 0.6) is 0 Å². The van der Waals surface area contributed by atoms with Gasteiger partial charge in [-0.15, -0.1) is 0 Å². The van der Waals surface area contributed by atoms with Gasteiger partial charge in [-0.2, -0.15) is 0 Å². The molecule has 0 aliphatic carbocycles. The van der Waals surface area contributed by atoms with Crippen molar-refractivity contribution in [1.29, 1.82) is 0 Å². The number of hydrogen-bond donors (Lipinski definition) is 2. The predicted molar refractivity (Wildman–Crippen MR) is 82.2 cm³/mol. The Morgan fingerprint density at radius 3 is 2.21 bits per heavy atom. The van der Waals surface area contributed by atoms with Crippen molar-refractivity contribution in [3.63, 3.8) is 0 Å². The van der Waals surface area contributed by atoms with E-state index < -0.39 is 17.7 Å². The lowest BCUT2D eigenvalue weighted by atomic mass is 9.99. The minimum Gasteiger partial charge on any atom is -0.473 e. The number of hydrogen-bond acceptors (Lipinski definition) is 5. The number of imidazole rings is 1. The number of nitrogens with zero attached hydrogens (tertiary/aromatic N) is 2. The monoisotopic (exact) mass is 334 g/mol. The highest BCUT2D eigenvalue weighted by atomic mass is 16.7. The molecule has 1 aliphatic rings. The normalized spacial score (nSPS) is 16.7. The fraction of sp³-hybridized carbons (Fsp3) is 0.312. The fourth-order valence-electron chi connectivity index (χ4n) is 2.44. The van der Waals surface area contributed by atoms with Gasteiger partial charge in [-0.25, -0.2) is 14.6 Å². The molecule has 1 atom stereocenters. The first kappa shape index (κ1) is 17.6. The molecule has 1 fully saturated rings. The van der Waals surface area contributed by atoms with Crippen molar-refractivity contribution in [2.24, 2.45) is 0 Å². The number of aliphatic carboxylic acids is 2. The largest absolute Gasteiger partial charge is 0.473 e. The van der Waals surface area contributed by atoms with Gasteiger partial charge >= 0.3 is 11.9 Å². The molecule has 8 nitrogen and oxygen atoms in total. The summed E-state index contributed by atoms with van der Waals surface area (Å²) < 4.78 is 13.9. The first-order valence-corrected chi connectivity index (χ1v) is 7.24. The molecule has 2 aromatic rings. The number of benzene rings is 1. The maximum atomic E-state index is 9.10. The molecule has 1 aromatic carbocycles. The van der Waals surface area contributed by atoms with Crippen molar-refractivity contribution in [3.05, 3.63) is 54.6 Å². The van der Waals surface area contributed by atoms with Gasteiger partial charge in [0, 0.05) is 18.0 Å². The van der Waals surface area contributed by atoms with Crippen LogP contribution in [0.3, 0.4) is 0 Å². The van der Waals surface area contributed by atoms with Crippen molar-refractivity contribution in [2.45, 2.75) is 18.8 Å². The lowest BCUT2D eigenvalue weighted by Crippen LogP contribution is -2.36. The van der Waals surface area contributed by atoms with Crippen molar-refractivity contribution in [2.75, 3.05) is 13.2 Å². The fourth-order valence-corrected chi connectivity index (χ4v) is 2.44. The Hall–Kier alpha value is -2.71. The van der Waals surface area contributed by atoms with Crippen LogP contribution in [-0.4, -0.2) is 44.9 Å². The lowest BCUT2D eigenvalue weighted by Gasteiger charge is -2.34. The van der Waals surface area contributed by atoms with Gasteiger partial charge in [-0.05, 0) is 6.92 Å². The molecule has 8 heteroatoms. The molecule has 0 amide bonds. The summed E-state index contributed by atoms with van der Waals surface area (Å²) in [5.74, 6) is -4.35. The van der Waals surface area contributed by atoms with E-state index in [-0.39, 0.29) is 6.04 Å². The SMILES string of the molecule is CC(n1ccnc1)C1(c2ccccc2)OCCO1.O=C(O)C(=O)O. The average Bonchev–Trinajstić information content (AvgIpc) is 3.28. The summed E-state index contributed by atoms with van der Waals surface area (Å²) in [5.41, 5.74) is 1.05. The first-order valence-electron chi connectivity index (χ1n) is 7.24. The smallest absolute Gasteiger partial charge is 0.414 e. The molecule has 0 bridgehead atoms. The van der Waals surface area contributed by atoms with Crippen LogP contribution in [0.25, 0.3) is 0 Å². The van der Waals surface area contributed by atoms with Crippen LogP contribution in [0.1, 0.15) is 18.5 Å². The zero-order valence-corrected chi connectivity index (χ0v) is 13.0. The van der Waals surface area contributed by atoms with E-state index in [1.165, 1.54) is 0 Å². The Morgan fingerprint density at radius 2 is 1.75 bits per heavy atom. The van der Waals surface area contributed by atoms with E-state index in [4.69, 9.17) is 29.3 Å². The number of carboxylic acids is 2.